The first-order chi connectivity index (χ1) is 7.94. The van der Waals surface area contributed by atoms with Crippen molar-refractivity contribution < 1.29 is 4.79 Å². The van der Waals surface area contributed by atoms with E-state index in [4.69, 9.17) is 5.73 Å². The summed E-state index contributed by atoms with van der Waals surface area (Å²) in [7, 11) is 0. The average molecular weight is 240 g/mol. The molecule has 0 aromatic rings. The van der Waals surface area contributed by atoms with Crippen molar-refractivity contribution in [3.05, 3.63) is 0 Å². The second-order valence-corrected chi connectivity index (χ2v) is 6.49. The number of rotatable bonds is 4. The number of carbonyl (C=O) groups is 1. The minimum absolute atomic E-state index is 0.161. The summed E-state index contributed by atoms with van der Waals surface area (Å²) in [6.07, 6.45) is 5.57. The van der Waals surface area contributed by atoms with Gasteiger partial charge in [-0.15, -0.1) is 0 Å². The zero-order chi connectivity index (χ0) is 12.9. The molecule has 100 valence electrons. The van der Waals surface area contributed by atoms with Crippen molar-refractivity contribution in [1.29, 1.82) is 0 Å². The Morgan fingerprint density at radius 3 is 2.53 bits per heavy atom. The van der Waals surface area contributed by atoms with Crippen LogP contribution in [0.5, 0.6) is 0 Å². The minimum atomic E-state index is 0.161. The molecular formula is C14H28N2O. The van der Waals surface area contributed by atoms with Crippen molar-refractivity contribution >= 4 is 5.91 Å². The largest absolute Gasteiger partial charge is 0.356 e. The zero-order valence-corrected chi connectivity index (χ0v) is 11.6. The van der Waals surface area contributed by atoms with Crippen LogP contribution in [0.25, 0.3) is 0 Å². The molecule has 1 fully saturated rings. The molecule has 1 aliphatic carbocycles. The van der Waals surface area contributed by atoms with Crippen LogP contribution in [0, 0.1) is 17.3 Å². The number of hydrogen-bond acceptors (Lipinski definition) is 2. The maximum Gasteiger partial charge on any atom is 0.223 e. The predicted molar refractivity (Wildman–Crippen MR) is 71.6 cm³/mol. The van der Waals surface area contributed by atoms with Gasteiger partial charge in [-0.3, -0.25) is 4.79 Å². The summed E-state index contributed by atoms with van der Waals surface area (Å²) in [5.41, 5.74) is 6.03. The van der Waals surface area contributed by atoms with Gasteiger partial charge in [0.15, 0.2) is 0 Å². The van der Waals surface area contributed by atoms with Crippen molar-refractivity contribution in [2.45, 2.75) is 52.9 Å². The Hall–Kier alpha value is -0.570. The van der Waals surface area contributed by atoms with E-state index in [2.05, 4.69) is 26.1 Å². The Kier molecular flexibility index (Phi) is 5.44. The third kappa shape index (κ3) is 5.07. The van der Waals surface area contributed by atoms with Crippen molar-refractivity contribution in [2.24, 2.45) is 23.0 Å². The molecule has 0 aromatic carbocycles. The Balaban J connectivity index is 2.35. The Morgan fingerprint density at radius 2 is 1.94 bits per heavy atom. The summed E-state index contributed by atoms with van der Waals surface area (Å²) < 4.78 is 0. The first-order valence-electron chi connectivity index (χ1n) is 6.92. The Bertz CT molecular complexity index is 245. The molecule has 1 rings (SSSR count). The van der Waals surface area contributed by atoms with E-state index < -0.39 is 0 Å². The molecule has 17 heavy (non-hydrogen) atoms. The highest BCUT2D eigenvalue weighted by Crippen LogP contribution is 2.29. The van der Waals surface area contributed by atoms with Gasteiger partial charge in [0.1, 0.15) is 0 Å². The highest BCUT2D eigenvalue weighted by atomic mass is 16.1. The van der Waals surface area contributed by atoms with E-state index in [0.29, 0.717) is 12.5 Å². The van der Waals surface area contributed by atoms with Crippen LogP contribution >= 0.6 is 0 Å². The second kappa shape index (κ2) is 6.39. The van der Waals surface area contributed by atoms with Crippen LogP contribution in [-0.2, 0) is 4.79 Å². The molecular weight excluding hydrogens is 212 g/mol. The highest BCUT2D eigenvalue weighted by molar-refractivity contribution is 5.79. The van der Waals surface area contributed by atoms with E-state index in [0.717, 1.165) is 25.8 Å². The van der Waals surface area contributed by atoms with Crippen LogP contribution in [0.2, 0.25) is 0 Å². The number of carbonyl (C=O) groups excluding carboxylic acids is 1. The monoisotopic (exact) mass is 240 g/mol. The fraction of sp³-hybridized carbons (Fsp3) is 0.929. The first kappa shape index (κ1) is 14.5. The van der Waals surface area contributed by atoms with Gasteiger partial charge in [0.05, 0.1) is 0 Å². The molecule has 1 saturated carbocycles. The van der Waals surface area contributed by atoms with Gasteiger partial charge < -0.3 is 11.1 Å². The predicted octanol–water partition coefficient (Wildman–Crippen LogP) is 2.30. The summed E-state index contributed by atoms with van der Waals surface area (Å²) >= 11 is 0. The molecule has 0 heterocycles. The van der Waals surface area contributed by atoms with Gasteiger partial charge in [0.25, 0.3) is 0 Å². The molecule has 3 nitrogen and oxygen atoms in total. The van der Waals surface area contributed by atoms with Crippen LogP contribution in [0.15, 0.2) is 0 Å². The van der Waals surface area contributed by atoms with E-state index >= 15 is 0 Å². The second-order valence-electron chi connectivity index (χ2n) is 6.49. The van der Waals surface area contributed by atoms with Crippen LogP contribution < -0.4 is 11.1 Å². The fourth-order valence-electron chi connectivity index (χ4n) is 2.53. The molecule has 0 spiro atoms. The Morgan fingerprint density at radius 1 is 1.29 bits per heavy atom. The molecule has 0 aliphatic heterocycles. The molecule has 0 radical (unpaired) electrons. The van der Waals surface area contributed by atoms with Gasteiger partial charge in [-0.1, -0.05) is 33.6 Å². The average Bonchev–Trinajstić information content (AvgIpc) is 2.27. The summed E-state index contributed by atoms with van der Waals surface area (Å²) in [4.78, 5) is 12.1. The van der Waals surface area contributed by atoms with Crippen molar-refractivity contribution in [1.82, 2.24) is 5.32 Å². The maximum atomic E-state index is 12.1. The lowest BCUT2D eigenvalue weighted by molar-refractivity contribution is -0.127. The SMILES string of the molecule is CC(C)(C)CCNC(=O)C1CCCCC1CN. The number of amides is 1. The van der Waals surface area contributed by atoms with Gasteiger partial charge in [-0.25, -0.2) is 0 Å². The van der Waals surface area contributed by atoms with Crippen LogP contribution in [0.1, 0.15) is 52.9 Å². The van der Waals surface area contributed by atoms with Gasteiger partial charge >= 0.3 is 0 Å². The zero-order valence-electron chi connectivity index (χ0n) is 11.6. The molecule has 3 N–H and O–H groups in total. The molecule has 2 atom stereocenters. The quantitative estimate of drug-likeness (QED) is 0.792. The third-order valence-electron chi connectivity index (χ3n) is 3.72. The van der Waals surface area contributed by atoms with Gasteiger partial charge in [-0.05, 0) is 37.1 Å². The lowest BCUT2D eigenvalue weighted by atomic mass is 9.78. The number of hydrogen-bond donors (Lipinski definition) is 2. The topological polar surface area (TPSA) is 55.1 Å². The van der Waals surface area contributed by atoms with Crippen molar-refractivity contribution in [3.8, 4) is 0 Å². The van der Waals surface area contributed by atoms with E-state index in [9.17, 15) is 4.79 Å². The first-order valence-corrected chi connectivity index (χ1v) is 6.92. The summed E-state index contributed by atoms with van der Waals surface area (Å²) in [5.74, 6) is 0.788. The minimum Gasteiger partial charge on any atom is -0.356 e. The summed E-state index contributed by atoms with van der Waals surface area (Å²) in [5, 5.41) is 3.08. The standard InChI is InChI=1S/C14H28N2O/c1-14(2,3)8-9-16-13(17)12-7-5-4-6-11(12)10-15/h11-12H,4-10,15H2,1-3H3,(H,16,17). The summed E-state index contributed by atoms with van der Waals surface area (Å²) in [6.45, 7) is 8.03. The molecule has 0 bridgehead atoms. The van der Waals surface area contributed by atoms with Gasteiger partial charge in [0.2, 0.25) is 5.91 Å². The Labute approximate surface area is 106 Å². The molecule has 1 amide bonds. The summed E-state index contributed by atoms with van der Waals surface area (Å²) in [6, 6.07) is 0. The van der Waals surface area contributed by atoms with E-state index in [1.165, 1.54) is 12.8 Å². The van der Waals surface area contributed by atoms with Crippen LogP contribution in [-0.4, -0.2) is 19.0 Å². The van der Waals surface area contributed by atoms with Crippen molar-refractivity contribution in [2.75, 3.05) is 13.1 Å². The maximum absolute atomic E-state index is 12.1. The highest BCUT2D eigenvalue weighted by Gasteiger charge is 2.29. The van der Waals surface area contributed by atoms with Crippen molar-refractivity contribution in [3.63, 3.8) is 0 Å². The smallest absolute Gasteiger partial charge is 0.223 e. The molecule has 1 aliphatic rings. The molecule has 0 aromatic heterocycles. The molecule has 2 unspecified atom stereocenters. The molecule has 0 saturated heterocycles. The normalized spacial score (nSPS) is 25.6. The molecule has 3 heteroatoms. The van der Waals surface area contributed by atoms with Gasteiger partial charge in [0, 0.05) is 12.5 Å². The number of nitrogens with one attached hydrogen (secondary N) is 1. The fourth-order valence-corrected chi connectivity index (χ4v) is 2.53. The van der Waals surface area contributed by atoms with E-state index in [1.807, 2.05) is 0 Å². The van der Waals surface area contributed by atoms with Crippen LogP contribution in [0.4, 0.5) is 0 Å². The third-order valence-corrected chi connectivity index (χ3v) is 3.72. The van der Waals surface area contributed by atoms with Gasteiger partial charge in [-0.2, -0.15) is 0 Å². The van der Waals surface area contributed by atoms with E-state index in [-0.39, 0.29) is 17.2 Å². The van der Waals surface area contributed by atoms with Crippen LogP contribution in [0.3, 0.4) is 0 Å². The lowest BCUT2D eigenvalue weighted by Gasteiger charge is -2.30. The lowest BCUT2D eigenvalue weighted by Crippen LogP contribution is -2.40. The van der Waals surface area contributed by atoms with E-state index in [1.54, 1.807) is 0 Å². The number of nitrogens with two attached hydrogens (primary N) is 1.